The van der Waals surface area contributed by atoms with E-state index >= 15 is 0 Å². The molecule has 0 N–H and O–H groups in total. The summed E-state index contributed by atoms with van der Waals surface area (Å²) in [4.78, 5) is 11.6. The molecule has 0 aliphatic rings. The van der Waals surface area contributed by atoms with Crippen LogP contribution in [0.1, 0.15) is 45.1 Å². The van der Waals surface area contributed by atoms with Gasteiger partial charge >= 0.3 is 0 Å². The van der Waals surface area contributed by atoms with Gasteiger partial charge in [-0.05, 0) is 12.5 Å². The van der Waals surface area contributed by atoms with E-state index in [-0.39, 0.29) is 11.6 Å². The molecule has 88 valence electrons. The number of hydrogen-bond donors (Lipinski definition) is 0. The summed E-state index contributed by atoms with van der Waals surface area (Å²) in [5, 5.41) is 0. The first-order valence-electron chi connectivity index (χ1n) is 6.09. The summed E-state index contributed by atoms with van der Waals surface area (Å²) < 4.78 is 1.76. The largest absolute Gasteiger partial charge is 0.309 e. The normalized spacial score (nSPS) is 12.3. The van der Waals surface area contributed by atoms with Crippen LogP contribution in [0.25, 0.3) is 0 Å². The Morgan fingerprint density at radius 1 is 1.38 bits per heavy atom. The first-order chi connectivity index (χ1) is 7.79. The van der Waals surface area contributed by atoms with Gasteiger partial charge in [-0.2, -0.15) is 0 Å². The highest BCUT2D eigenvalue weighted by atomic mass is 16.1. The van der Waals surface area contributed by atoms with E-state index in [0.717, 1.165) is 12.8 Å². The summed E-state index contributed by atoms with van der Waals surface area (Å²) in [6.45, 7) is 6.02. The first kappa shape index (κ1) is 12.8. The molecule has 0 aliphatic carbocycles. The van der Waals surface area contributed by atoms with Gasteiger partial charge in [0.1, 0.15) is 0 Å². The quantitative estimate of drug-likeness (QED) is 0.508. The molecule has 1 atom stereocenters. The van der Waals surface area contributed by atoms with Crippen molar-refractivity contribution in [1.82, 2.24) is 4.57 Å². The highest BCUT2D eigenvalue weighted by molar-refractivity contribution is 4.98. The molecular formula is C14H21NO. The average Bonchev–Trinajstić information content (AvgIpc) is 2.31. The van der Waals surface area contributed by atoms with Gasteiger partial charge in [0.25, 0.3) is 5.56 Å². The summed E-state index contributed by atoms with van der Waals surface area (Å²) in [6, 6.07) is 5.41. The Balaban J connectivity index is 2.58. The van der Waals surface area contributed by atoms with Gasteiger partial charge < -0.3 is 4.57 Å². The van der Waals surface area contributed by atoms with Crippen LogP contribution in [0, 0.1) is 0 Å². The third-order valence-electron chi connectivity index (χ3n) is 2.83. The number of nitrogens with zero attached hydrogens (tertiary/aromatic N) is 1. The van der Waals surface area contributed by atoms with E-state index in [1.807, 2.05) is 18.3 Å². The molecule has 1 rings (SSSR count). The van der Waals surface area contributed by atoms with E-state index in [0.29, 0.717) is 0 Å². The summed E-state index contributed by atoms with van der Waals surface area (Å²) in [5.41, 5.74) is 0.0582. The highest BCUT2D eigenvalue weighted by Gasteiger charge is 2.06. The molecular weight excluding hydrogens is 198 g/mol. The highest BCUT2D eigenvalue weighted by Crippen LogP contribution is 2.15. The van der Waals surface area contributed by atoms with Crippen molar-refractivity contribution >= 4 is 0 Å². The predicted octanol–water partition coefficient (Wildman–Crippen LogP) is 3.55. The molecule has 0 bridgehead atoms. The van der Waals surface area contributed by atoms with Crippen molar-refractivity contribution in [3.05, 3.63) is 47.4 Å². The van der Waals surface area contributed by atoms with E-state index in [1.54, 1.807) is 16.7 Å². The van der Waals surface area contributed by atoms with Gasteiger partial charge in [-0.3, -0.25) is 4.79 Å². The molecule has 2 nitrogen and oxygen atoms in total. The van der Waals surface area contributed by atoms with Gasteiger partial charge in [0, 0.05) is 12.3 Å². The summed E-state index contributed by atoms with van der Waals surface area (Å²) in [7, 11) is 0. The van der Waals surface area contributed by atoms with Crippen molar-refractivity contribution < 1.29 is 0 Å². The molecule has 1 aromatic heterocycles. The fourth-order valence-corrected chi connectivity index (χ4v) is 1.86. The Morgan fingerprint density at radius 2 is 2.19 bits per heavy atom. The van der Waals surface area contributed by atoms with E-state index in [9.17, 15) is 4.79 Å². The topological polar surface area (TPSA) is 22.0 Å². The Kier molecular flexibility index (Phi) is 5.62. The van der Waals surface area contributed by atoms with Crippen LogP contribution in [0.15, 0.2) is 41.8 Å². The minimum Gasteiger partial charge on any atom is -0.309 e. The molecule has 0 aliphatic heterocycles. The van der Waals surface area contributed by atoms with Crippen LogP contribution in [0.4, 0.5) is 0 Å². The fourth-order valence-electron chi connectivity index (χ4n) is 1.86. The second-order valence-electron chi connectivity index (χ2n) is 4.10. The van der Waals surface area contributed by atoms with Crippen LogP contribution >= 0.6 is 0 Å². The third kappa shape index (κ3) is 3.69. The van der Waals surface area contributed by atoms with Crippen molar-refractivity contribution in [2.45, 2.75) is 45.1 Å². The Hall–Kier alpha value is -1.31. The standard InChI is InChI=1S/C14H21NO/c1-3-5-6-7-10-13(4-2)15-12-9-8-11-14(15)16/h4,8-9,11-13H,2-3,5-7,10H2,1H3/t13-/m0/s1. The first-order valence-corrected chi connectivity index (χ1v) is 6.09. The van der Waals surface area contributed by atoms with Crippen molar-refractivity contribution in [3.8, 4) is 0 Å². The number of allylic oxidation sites excluding steroid dienone is 1. The van der Waals surface area contributed by atoms with Crippen LogP contribution in [0.2, 0.25) is 0 Å². The zero-order valence-electron chi connectivity index (χ0n) is 10.1. The van der Waals surface area contributed by atoms with E-state index in [4.69, 9.17) is 0 Å². The van der Waals surface area contributed by atoms with Crippen molar-refractivity contribution in [3.63, 3.8) is 0 Å². The maximum absolute atomic E-state index is 11.6. The van der Waals surface area contributed by atoms with Crippen LogP contribution in [-0.2, 0) is 0 Å². The van der Waals surface area contributed by atoms with Crippen LogP contribution in [0.3, 0.4) is 0 Å². The summed E-state index contributed by atoms with van der Waals surface area (Å²) in [5.74, 6) is 0. The Labute approximate surface area is 97.6 Å². The third-order valence-corrected chi connectivity index (χ3v) is 2.83. The molecule has 0 fully saturated rings. The molecule has 16 heavy (non-hydrogen) atoms. The Bertz CT molecular complexity index is 367. The smallest absolute Gasteiger partial charge is 0.251 e. The lowest BCUT2D eigenvalue weighted by Crippen LogP contribution is -2.21. The second-order valence-corrected chi connectivity index (χ2v) is 4.10. The maximum Gasteiger partial charge on any atom is 0.251 e. The number of hydrogen-bond acceptors (Lipinski definition) is 1. The lowest BCUT2D eigenvalue weighted by molar-refractivity contribution is 0.501. The summed E-state index contributed by atoms with van der Waals surface area (Å²) >= 11 is 0. The number of aromatic nitrogens is 1. The fraction of sp³-hybridized carbons (Fsp3) is 0.500. The van der Waals surface area contributed by atoms with Crippen molar-refractivity contribution in [2.75, 3.05) is 0 Å². The van der Waals surface area contributed by atoms with E-state index in [2.05, 4.69) is 13.5 Å². The molecule has 1 heterocycles. The predicted molar refractivity (Wildman–Crippen MR) is 68.7 cm³/mol. The Morgan fingerprint density at radius 3 is 2.81 bits per heavy atom. The lowest BCUT2D eigenvalue weighted by atomic mass is 10.1. The monoisotopic (exact) mass is 219 g/mol. The van der Waals surface area contributed by atoms with Gasteiger partial charge in [-0.25, -0.2) is 0 Å². The zero-order chi connectivity index (χ0) is 11.8. The van der Waals surface area contributed by atoms with Crippen LogP contribution < -0.4 is 5.56 Å². The molecule has 0 spiro atoms. The van der Waals surface area contributed by atoms with Crippen LogP contribution in [0.5, 0.6) is 0 Å². The molecule has 2 heteroatoms. The molecule has 0 saturated heterocycles. The molecule has 0 saturated carbocycles. The van der Waals surface area contributed by atoms with Gasteiger partial charge in [0.05, 0.1) is 6.04 Å². The van der Waals surface area contributed by atoms with Gasteiger partial charge in [0.15, 0.2) is 0 Å². The average molecular weight is 219 g/mol. The van der Waals surface area contributed by atoms with Gasteiger partial charge in [0.2, 0.25) is 0 Å². The molecule has 1 aromatic rings. The summed E-state index contributed by atoms with van der Waals surface area (Å²) in [6.07, 6.45) is 9.63. The van der Waals surface area contributed by atoms with Crippen LogP contribution in [-0.4, -0.2) is 4.57 Å². The minimum atomic E-state index is 0.0582. The molecule has 0 radical (unpaired) electrons. The molecule has 0 aromatic carbocycles. The van der Waals surface area contributed by atoms with Crippen molar-refractivity contribution in [2.24, 2.45) is 0 Å². The lowest BCUT2D eigenvalue weighted by Gasteiger charge is -2.15. The molecule has 0 unspecified atom stereocenters. The number of unbranched alkanes of at least 4 members (excludes halogenated alkanes) is 3. The van der Waals surface area contributed by atoms with Gasteiger partial charge in [-0.1, -0.05) is 44.7 Å². The second kappa shape index (κ2) is 7.04. The zero-order valence-corrected chi connectivity index (χ0v) is 10.1. The van der Waals surface area contributed by atoms with E-state index < -0.39 is 0 Å². The van der Waals surface area contributed by atoms with Gasteiger partial charge in [-0.15, -0.1) is 6.58 Å². The maximum atomic E-state index is 11.6. The van der Waals surface area contributed by atoms with Crippen molar-refractivity contribution in [1.29, 1.82) is 0 Å². The minimum absolute atomic E-state index is 0.0582. The number of pyridine rings is 1. The number of rotatable bonds is 7. The SMILES string of the molecule is C=C[C@@H](CCCCCC)n1ccccc1=O. The molecule has 0 amide bonds. The van der Waals surface area contributed by atoms with E-state index in [1.165, 1.54) is 19.3 Å².